The van der Waals surface area contributed by atoms with Gasteiger partial charge < -0.3 is 21.3 Å². The van der Waals surface area contributed by atoms with Crippen LogP contribution in [0.2, 0.25) is 0 Å². The molecule has 2 amide bonds. The van der Waals surface area contributed by atoms with E-state index in [0.29, 0.717) is 30.3 Å². The molecule has 1 saturated heterocycles. The second-order valence-corrected chi connectivity index (χ2v) is 8.26. The number of carbonyl (C=O) groups excluding carboxylic acids is 2. The van der Waals surface area contributed by atoms with Crippen LogP contribution < -0.4 is 21.3 Å². The van der Waals surface area contributed by atoms with E-state index in [1.807, 2.05) is 0 Å². The molecule has 168 valence electrons. The summed E-state index contributed by atoms with van der Waals surface area (Å²) in [5.41, 5.74) is 1.30. The molecule has 2 aliphatic rings. The van der Waals surface area contributed by atoms with Crippen molar-refractivity contribution in [3.8, 4) is 0 Å². The number of anilines is 2. The molecule has 9 heteroatoms. The number of guanidine groups is 1. The molecule has 0 unspecified atom stereocenters. The van der Waals surface area contributed by atoms with Crippen LogP contribution in [0.1, 0.15) is 58.9 Å². The van der Waals surface area contributed by atoms with E-state index in [0.717, 1.165) is 30.5 Å². The van der Waals surface area contributed by atoms with Gasteiger partial charge >= 0.3 is 0 Å². The Kier molecular flexibility index (Phi) is 6.07. The summed E-state index contributed by atoms with van der Waals surface area (Å²) in [5.74, 6) is -1.97. The molecule has 2 aromatic rings. The van der Waals surface area contributed by atoms with E-state index < -0.39 is 17.5 Å². The van der Waals surface area contributed by atoms with Crippen molar-refractivity contribution in [2.45, 2.75) is 38.6 Å². The van der Waals surface area contributed by atoms with Crippen LogP contribution in [0.4, 0.5) is 20.2 Å². The first kappa shape index (κ1) is 21.7. The van der Waals surface area contributed by atoms with Crippen LogP contribution in [-0.4, -0.2) is 36.9 Å². The van der Waals surface area contributed by atoms with Crippen LogP contribution in [0.5, 0.6) is 0 Å². The predicted octanol–water partition coefficient (Wildman–Crippen LogP) is 3.41. The fourth-order valence-corrected chi connectivity index (χ4v) is 3.54. The number of benzene rings is 2. The number of rotatable bonds is 6. The molecule has 32 heavy (non-hydrogen) atoms. The molecule has 2 aromatic carbocycles. The topological polar surface area (TPSA) is 94.6 Å². The molecule has 4 rings (SSSR count). The smallest absolute Gasteiger partial charge is 0.280 e. The normalized spacial score (nSPS) is 15.2. The molecular formula is C23H25F2N5O2. The van der Waals surface area contributed by atoms with Crippen molar-refractivity contribution in [1.29, 1.82) is 0 Å². The van der Waals surface area contributed by atoms with Gasteiger partial charge in [0.1, 0.15) is 5.82 Å². The maximum absolute atomic E-state index is 15.0. The molecule has 7 nitrogen and oxygen atoms in total. The third-order valence-electron chi connectivity index (χ3n) is 5.21. The van der Waals surface area contributed by atoms with E-state index in [-0.39, 0.29) is 29.1 Å². The number of hydrogen-bond acceptors (Lipinski definition) is 3. The van der Waals surface area contributed by atoms with Crippen molar-refractivity contribution in [1.82, 2.24) is 16.0 Å². The molecule has 0 spiro atoms. The zero-order chi connectivity index (χ0) is 22.8. The van der Waals surface area contributed by atoms with Gasteiger partial charge in [0.2, 0.25) is 0 Å². The summed E-state index contributed by atoms with van der Waals surface area (Å²) >= 11 is 0. The lowest BCUT2D eigenvalue weighted by Gasteiger charge is -2.16. The van der Waals surface area contributed by atoms with Crippen molar-refractivity contribution in [2.24, 2.45) is 4.99 Å². The van der Waals surface area contributed by atoms with Crippen LogP contribution in [0.25, 0.3) is 0 Å². The second-order valence-electron chi connectivity index (χ2n) is 8.26. The zero-order valence-corrected chi connectivity index (χ0v) is 17.9. The predicted molar refractivity (Wildman–Crippen MR) is 118 cm³/mol. The standard InChI is InChI=1S/C23H25F2N5O2/c1-12(2)28-22(32)17-10-15(24)11-19(20(17)25)29-18-6-5-14(9-16(18)13-3-4-13)21(31)30-23-26-7-8-27-23/h5-6,9-13,29H,3-4,7-8H2,1-2H3,(H,28,32)(H2,26,27,30,31). The maximum Gasteiger partial charge on any atom is 0.280 e. The monoisotopic (exact) mass is 441 g/mol. The van der Waals surface area contributed by atoms with Gasteiger partial charge in [-0.3, -0.25) is 9.59 Å². The zero-order valence-electron chi connectivity index (χ0n) is 17.9. The van der Waals surface area contributed by atoms with Crippen LogP contribution in [0.3, 0.4) is 0 Å². The highest BCUT2D eigenvalue weighted by atomic mass is 19.1. The number of hydrogen-bond donors (Lipinski definition) is 4. The molecule has 1 aliphatic heterocycles. The fourth-order valence-electron chi connectivity index (χ4n) is 3.54. The Bertz CT molecular complexity index is 1090. The van der Waals surface area contributed by atoms with Crippen LogP contribution in [0, 0.1) is 11.6 Å². The third kappa shape index (κ3) is 4.87. The second kappa shape index (κ2) is 8.94. The van der Waals surface area contributed by atoms with Gasteiger partial charge in [-0.15, -0.1) is 0 Å². The van der Waals surface area contributed by atoms with Gasteiger partial charge in [-0.1, -0.05) is 0 Å². The van der Waals surface area contributed by atoms with E-state index in [2.05, 4.69) is 26.3 Å². The lowest BCUT2D eigenvalue weighted by molar-refractivity contribution is 0.0937. The van der Waals surface area contributed by atoms with Crippen LogP contribution in [-0.2, 0) is 0 Å². The fraction of sp³-hybridized carbons (Fsp3) is 0.348. The lowest BCUT2D eigenvalue weighted by atomic mass is 10.0. The number of nitrogens with zero attached hydrogens (tertiary/aromatic N) is 1. The highest BCUT2D eigenvalue weighted by molar-refractivity contribution is 6.03. The Labute approximate surface area is 184 Å². The van der Waals surface area contributed by atoms with Crippen LogP contribution in [0.15, 0.2) is 35.3 Å². The number of nitrogens with one attached hydrogen (secondary N) is 4. The molecule has 0 bridgehead atoms. The first-order valence-corrected chi connectivity index (χ1v) is 10.6. The van der Waals surface area contributed by atoms with Crippen molar-refractivity contribution in [2.75, 3.05) is 18.4 Å². The minimum Gasteiger partial charge on any atom is -0.354 e. The Morgan fingerprint density at radius 1 is 1.06 bits per heavy atom. The molecule has 2 fully saturated rings. The molecule has 0 aromatic heterocycles. The van der Waals surface area contributed by atoms with E-state index >= 15 is 4.39 Å². The van der Waals surface area contributed by atoms with Gasteiger partial charge in [0.15, 0.2) is 11.8 Å². The van der Waals surface area contributed by atoms with E-state index in [1.54, 1.807) is 32.0 Å². The number of halogens is 2. The molecular weight excluding hydrogens is 416 g/mol. The van der Waals surface area contributed by atoms with Crippen molar-refractivity contribution in [3.63, 3.8) is 0 Å². The minimum atomic E-state index is -0.837. The SMILES string of the molecule is CC(C)NC(=O)c1cc(F)cc(Nc2ccc(C(=O)N=C3NCCN3)cc2C2CC2)c1F. The lowest BCUT2D eigenvalue weighted by Crippen LogP contribution is -2.31. The minimum absolute atomic E-state index is 0.139. The summed E-state index contributed by atoms with van der Waals surface area (Å²) in [7, 11) is 0. The summed E-state index contributed by atoms with van der Waals surface area (Å²) in [4.78, 5) is 28.8. The van der Waals surface area contributed by atoms with E-state index in [1.165, 1.54) is 0 Å². The Hall–Kier alpha value is -3.49. The van der Waals surface area contributed by atoms with Crippen molar-refractivity contribution >= 4 is 29.1 Å². The summed E-state index contributed by atoms with van der Waals surface area (Å²) in [6.45, 7) is 4.89. The van der Waals surface area contributed by atoms with Gasteiger partial charge in [0.25, 0.3) is 11.8 Å². The highest BCUT2D eigenvalue weighted by Gasteiger charge is 2.28. The molecule has 0 atom stereocenters. The van der Waals surface area contributed by atoms with Gasteiger partial charge in [0.05, 0.1) is 11.3 Å². The summed E-state index contributed by atoms with van der Waals surface area (Å²) in [5, 5.41) is 11.5. The highest BCUT2D eigenvalue weighted by Crippen LogP contribution is 2.44. The summed E-state index contributed by atoms with van der Waals surface area (Å²) in [6.07, 6.45) is 1.88. The molecule has 1 aliphatic carbocycles. The van der Waals surface area contributed by atoms with Gasteiger partial charge in [-0.05, 0) is 62.4 Å². The van der Waals surface area contributed by atoms with Gasteiger partial charge in [-0.25, -0.2) is 8.78 Å². The first-order chi connectivity index (χ1) is 15.3. The molecule has 1 saturated carbocycles. The Balaban J connectivity index is 1.63. The van der Waals surface area contributed by atoms with Gasteiger partial charge in [0, 0.05) is 36.4 Å². The molecule has 4 N–H and O–H groups in total. The van der Waals surface area contributed by atoms with Crippen molar-refractivity contribution in [3.05, 3.63) is 58.7 Å². The van der Waals surface area contributed by atoms with Gasteiger partial charge in [-0.2, -0.15) is 4.99 Å². The van der Waals surface area contributed by atoms with Crippen molar-refractivity contribution < 1.29 is 18.4 Å². The maximum atomic E-state index is 15.0. The summed E-state index contributed by atoms with van der Waals surface area (Å²) in [6, 6.07) is 6.68. The largest absolute Gasteiger partial charge is 0.354 e. The van der Waals surface area contributed by atoms with Crippen LogP contribution >= 0.6 is 0 Å². The first-order valence-electron chi connectivity index (χ1n) is 10.6. The summed E-state index contributed by atoms with van der Waals surface area (Å²) < 4.78 is 29.2. The molecule has 0 radical (unpaired) electrons. The van der Waals surface area contributed by atoms with E-state index in [4.69, 9.17) is 0 Å². The Morgan fingerprint density at radius 3 is 2.44 bits per heavy atom. The number of amides is 2. The Morgan fingerprint density at radius 2 is 1.78 bits per heavy atom. The van der Waals surface area contributed by atoms with E-state index in [9.17, 15) is 14.0 Å². The average molecular weight is 441 g/mol. The number of aliphatic imine (C=N–C) groups is 1. The molecule has 1 heterocycles. The number of carbonyl (C=O) groups is 2. The third-order valence-corrected chi connectivity index (χ3v) is 5.21. The average Bonchev–Trinajstić information content (AvgIpc) is 3.46. The quantitative estimate of drug-likeness (QED) is 0.551.